The van der Waals surface area contributed by atoms with Gasteiger partial charge in [-0.2, -0.15) is 0 Å². The Morgan fingerprint density at radius 1 is 0.583 bits per heavy atom. The summed E-state index contributed by atoms with van der Waals surface area (Å²) in [6.07, 6.45) is 0. The fraction of sp³-hybridized carbons (Fsp3) is 0.0769. The maximum atomic E-state index is 10.9. The highest BCUT2D eigenvalue weighted by atomic mass is 33.1. The topological polar surface area (TPSA) is 110 Å². The molecule has 4 aromatic carbocycles. The molecule has 0 aliphatic carbocycles. The Morgan fingerprint density at radius 2 is 0.972 bits per heavy atom. The predicted molar refractivity (Wildman–Crippen MR) is 145 cm³/mol. The molecule has 182 valence electrons. The van der Waals surface area contributed by atoms with E-state index in [0.29, 0.717) is 13.1 Å². The molecule has 0 fully saturated rings. The lowest BCUT2D eigenvalue weighted by atomic mass is 10.2. The van der Waals surface area contributed by atoms with Gasteiger partial charge in [-0.15, -0.1) is 0 Å². The quantitative estimate of drug-likeness (QED) is 0.119. The Bertz CT molecular complexity index is 1240. The molecule has 0 spiro atoms. The van der Waals surface area contributed by atoms with Crippen LogP contribution in [0.15, 0.2) is 107 Å². The van der Waals surface area contributed by atoms with E-state index in [1.807, 2.05) is 60.7 Å². The van der Waals surface area contributed by atoms with Gasteiger partial charge < -0.3 is 10.6 Å². The molecule has 4 rings (SSSR count). The van der Waals surface area contributed by atoms with E-state index in [0.717, 1.165) is 32.3 Å². The zero-order valence-corrected chi connectivity index (χ0v) is 20.6. The number of rotatable bonds is 11. The van der Waals surface area contributed by atoms with Gasteiger partial charge in [0.2, 0.25) is 0 Å². The number of nitro benzene ring substituents is 2. The van der Waals surface area contributed by atoms with E-state index in [9.17, 15) is 20.2 Å². The maximum Gasteiger partial charge on any atom is 0.269 e. The summed E-state index contributed by atoms with van der Waals surface area (Å²) in [4.78, 5) is 23.3. The molecule has 0 aliphatic rings. The lowest BCUT2D eigenvalue weighted by Crippen LogP contribution is -2.00. The molecular formula is C26H22N4O4S2. The van der Waals surface area contributed by atoms with Crippen LogP contribution in [0.1, 0.15) is 11.1 Å². The molecule has 0 aliphatic heterocycles. The molecule has 10 heteroatoms. The van der Waals surface area contributed by atoms with Crippen LogP contribution in [0.5, 0.6) is 0 Å². The number of hydrogen-bond acceptors (Lipinski definition) is 8. The van der Waals surface area contributed by atoms with E-state index in [4.69, 9.17) is 0 Å². The third-order valence-electron chi connectivity index (χ3n) is 5.18. The fourth-order valence-electron chi connectivity index (χ4n) is 3.32. The molecule has 0 bridgehead atoms. The summed E-state index contributed by atoms with van der Waals surface area (Å²) in [5.41, 5.74) is 3.75. The zero-order valence-electron chi connectivity index (χ0n) is 19.0. The summed E-state index contributed by atoms with van der Waals surface area (Å²) in [6, 6.07) is 29.3. The molecule has 4 aromatic rings. The van der Waals surface area contributed by atoms with Crippen molar-refractivity contribution in [2.75, 3.05) is 10.6 Å². The van der Waals surface area contributed by atoms with Crippen LogP contribution in [0.3, 0.4) is 0 Å². The van der Waals surface area contributed by atoms with Gasteiger partial charge in [-0.25, -0.2) is 0 Å². The van der Waals surface area contributed by atoms with E-state index in [1.54, 1.807) is 45.9 Å². The highest BCUT2D eigenvalue weighted by molar-refractivity contribution is 8.76. The smallest absolute Gasteiger partial charge is 0.269 e. The molecule has 0 heterocycles. The van der Waals surface area contributed by atoms with Gasteiger partial charge >= 0.3 is 0 Å². The van der Waals surface area contributed by atoms with E-state index in [2.05, 4.69) is 10.6 Å². The third kappa shape index (κ3) is 7.24. The summed E-state index contributed by atoms with van der Waals surface area (Å²) >= 11 is 0. The van der Waals surface area contributed by atoms with Gasteiger partial charge in [0, 0.05) is 58.5 Å². The van der Waals surface area contributed by atoms with Crippen LogP contribution in [0, 0.1) is 20.2 Å². The van der Waals surface area contributed by atoms with Crippen molar-refractivity contribution in [2.45, 2.75) is 22.9 Å². The van der Waals surface area contributed by atoms with Gasteiger partial charge in [0.25, 0.3) is 11.4 Å². The summed E-state index contributed by atoms with van der Waals surface area (Å²) in [5.74, 6) is 0. The summed E-state index contributed by atoms with van der Waals surface area (Å²) in [7, 11) is 3.30. The van der Waals surface area contributed by atoms with Gasteiger partial charge in [-0.3, -0.25) is 20.2 Å². The number of nitrogens with one attached hydrogen (secondary N) is 2. The second kappa shape index (κ2) is 12.1. The second-order valence-corrected chi connectivity index (χ2v) is 10.1. The third-order valence-corrected chi connectivity index (χ3v) is 7.60. The van der Waals surface area contributed by atoms with Crippen molar-refractivity contribution in [2.24, 2.45) is 0 Å². The van der Waals surface area contributed by atoms with Crippen LogP contribution in [-0.4, -0.2) is 9.85 Å². The van der Waals surface area contributed by atoms with Crippen LogP contribution < -0.4 is 10.6 Å². The van der Waals surface area contributed by atoms with Crippen LogP contribution in [-0.2, 0) is 13.1 Å². The molecule has 2 N–H and O–H groups in total. The molecule has 0 atom stereocenters. The molecule has 8 nitrogen and oxygen atoms in total. The number of anilines is 2. The van der Waals surface area contributed by atoms with Crippen LogP contribution >= 0.6 is 21.6 Å². The second-order valence-electron chi connectivity index (χ2n) is 7.78. The molecule has 36 heavy (non-hydrogen) atoms. The Hall–Kier alpha value is -4.02. The standard InChI is InChI=1S/C26H22N4O4S2/c31-29(32)23-5-1-3-19(15-23)17-27-21-7-11-25(12-8-21)35-36-26-13-9-22(10-14-26)28-18-20-4-2-6-24(16-20)30(33)34/h1-16,27-28H,17-18H2. The number of nitro groups is 2. The first-order chi connectivity index (χ1) is 17.5. The SMILES string of the molecule is O=[N+]([O-])c1cccc(CNc2ccc(SSc3ccc(NCc4cccc([N+](=O)[O-])c4)cc3)cc2)c1. The fourth-order valence-corrected chi connectivity index (χ4v) is 5.25. The van der Waals surface area contributed by atoms with E-state index >= 15 is 0 Å². The highest BCUT2D eigenvalue weighted by Gasteiger charge is 2.07. The Morgan fingerprint density at radius 3 is 1.33 bits per heavy atom. The van der Waals surface area contributed by atoms with Crippen molar-refractivity contribution in [1.29, 1.82) is 0 Å². The van der Waals surface area contributed by atoms with E-state index in [1.165, 1.54) is 12.1 Å². The van der Waals surface area contributed by atoms with Crippen molar-refractivity contribution < 1.29 is 9.85 Å². The lowest BCUT2D eigenvalue weighted by Gasteiger charge is -2.09. The Kier molecular flexibility index (Phi) is 8.43. The minimum Gasteiger partial charge on any atom is -0.381 e. The van der Waals surface area contributed by atoms with Gasteiger partial charge in [-0.05, 0) is 59.7 Å². The monoisotopic (exact) mass is 518 g/mol. The van der Waals surface area contributed by atoms with Gasteiger partial charge in [0.05, 0.1) is 9.85 Å². The van der Waals surface area contributed by atoms with Crippen LogP contribution in [0.4, 0.5) is 22.7 Å². The van der Waals surface area contributed by atoms with Gasteiger partial charge in [-0.1, -0.05) is 45.9 Å². The maximum absolute atomic E-state index is 10.9. The Balaban J connectivity index is 1.24. The molecule has 0 aromatic heterocycles. The molecular weight excluding hydrogens is 496 g/mol. The van der Waals surface area contributed by atoms with E-state index in [-0.39, 0.29) is 11.4 Å². The number of benzene rings is 4. The Labute approximate surface area is 215 Å². The van der Waals surface area contributed by atoms with Gasteiger partial charge in [0.1, 0.15) is 0 Å². The summed E-state index contributed by atoms with van der Waals surface area (Å²) in [6.45, 7) is 1.01. The minimum absolute atomic E-state index is 0.0874. The van der Waals surface area contributed by atoms with Crippen molar-refractivity contribution in [3.05, 3.63) is 128 Å². The van der Waals surface area contributed by atoms with Crippen molar-refractivity contribution in [1.82, 2.24) is 0 Å². The molecule has 0 radical (unpaired) electrons. The van der Waals surface area contributed by atoms with E-state index < -0.39 is 9.85 Å². The largest absolute Gasteiger partial charge is 0.381 e. The first kappa shape index (κ1) is 25.1. The van der Waals surface area contributed by atoms with Crippen molar-refractivity contribution in [3.8, 4) is 0 Å². The molecule has 0 unspecified atom stereocenters. The predicted octanol–water partition coefficient (Wildman–Crippen LogP) is 7.53. The van der Waals surface area contributed by atoms with Crippen LogP contribution in [0.25, 0.3) is 0 Å². The molecule has 0 amide bonds. The molecule has 0 saturated heterocycles. The minimum atomic E-state index is -0.391. The van der Waals surface area contributed by atoms with Crippen LogP contribution in [0.2, 0.25) is 0 Å². The summed E-state index contributed by atoms with van der Waals surface area (Å²) < 4.78 is 0. The number of non-ortho nitro benzene ring substituents is 2. The van der Waals surface area contributed by atoms with Crippen molar-refractivity contribution >= 4 is 44.3 Å². The van der Waals surface area contributed by atoms with Crippen molar-refractivity contribution in [3.63, 3.8) is 0 Å². The average molecular weight is 519 g/mol. The number of nitrogens with zero attached hydrogens (tertiary/aromatic N) is 2. The molecule has 0 saturated carbocycles. The normalized spacial score (nSPS) is 10.6. The first-order valence-electron chi connectivity index (χ1n) is 11.0. The zero-order chi connectivity index (χ0) is 25.3. The highest BCUT2D eigenvalue weighted by Crippen LogP contribution is 2.38. The van der Waals surface area contributed by atoms with Gasteiger partial charge in [0.15, 0.2) is 0 Å². The first-order valence-corrected chi connectivity index (χ1v) is 13.1. The average Bonchev–Trinajstić information content (AvgIpc) is 2.91. The number of hydrogen-bond donors (Lipinski definition) is 2. The summed E-state index contributed by atoms with van der Waals surface area (Å²) in [5, 5.41) is 28.4. The lowest BCUT2D eigenvalue weighted by molar-refractivity contribution is -0.385.